The first-order valence-electron chi connectivity index (χ1n) is 9.74. The molecule has 9 heteroatoms. The SMILES string of the molecule is CNc1cccc2c1Cc1nc(Oc3cnc(C)nc3)nc(Oc3cnc(C)nc3)c1-2. The molecule has 0 aliphatic heterocycles. The number of aryl methyl sites for hydroxylation is 2. The van der Waals surface area contributed by atoms with E-state index >= 15 is 0 Å². The highest BCUT2D eigenvalue weighted by molar-refractivity contribution is 5.84. The third-order valence-electron chi connectivity index (χ3n) is 4.93. The molecule has 31 heavy (non-hydrogen) atoms. The first-order valence-corrected chi connectivity index (χ1v) is 9.74. The van der Waals surface area contributed by atoms with E-state index in [1.807, 2.05) is 39.1 Å². The van der Waals surface area contributed by atoms with Gasteiger partial charge < -0.3 is 14.8 Å². The zero-order valence-corrected chi connectivity index (χ0v) is 17.2. The summed E-state index contributed by atoms with van der Waals surface area (Å²) in [6.07, 6.45) is 7.03. The fraction of sp³-hybridized carbons (Fsp3) is 0.182. The first-order chi connectivity index (χ1) is 15.1. The molecule has 0 fully saturated rings. The molecule has 0 amide bonds. The van der Waals surface area contributed by atoms with Crippen LogP contribution in [0.25, 0.3) is 11.1 Å². The first kappa shape index (κ1) is 18.9. The van der Waals surface area contributed by atoms with Crippen LogP contribution in [-0.4, -0.2) is 37.0 Å². The number of nitrogens with zero attached hydrogens (tertiary/aromatic N) is 6. The summed E-state index contributed by atoms with van der Waals surface area (Å²) in [5, 5.41) is 3.24. The van der Waals surface area contributed by atoms with Crippen LogP contribution in [-0.2, 0) is 6.42 Å². The minimum Gasteiger partial charge on any atom is -0.435 e. The summed E-state index contributed by atoms with van der Waals surface area (Å²) >= 11 is 0. The van der Waals surface area contributed by atoms with E-state index in [-0.39, 0.29) is 6.01 Å². The fourth-order valence-electron chi connectivity index (χ4n) is 3.48. The third-order valence-corrected chi connectivity index (χ3v) is 4.93. The number of ether oxygens (including phenoxy) is 2. The van der Waals surface area contributed by atoms with Crippen molar-refractivity contribution in [3.63, 3.8) is 0 Å². The van der Waals surface area contributed by atoms with Gasteiger partial charge in [-0.25, -0.2) is 19.9 Å². The number of rotatable bonds is 5. The van der Waals surface area contributed by atoms with Crippen molar-refractivity contribution in [2.45, 2.75) is 20.3 Å². The van der Waals surface area contributed by atoms with E-state index in [0.29, 0.717) is 35.4 Å². The van der Waals surface area contributed by atoms with Gasteiger partial charge >= 0.3 is 6.01 Å². The summed E-state index contributed by atoms with van der Waals surface area (Å²) in [6.45, 7) is 3.62. The zero-order chi connectivity index (χ0) is 21.4. The molecule has 1 aliphatic carbocycles. The van der Waals surface area contributed by atoms with Crippen molar-refractivity contribution in [2.24, 2.45) is 0 Å². The maximum atomic E-state index is 6.10. The topological polar surface area (TPSA) is 108 Å². The van der Waals surface area contributed by atoms with E-state index < -0.39 is 0 Å². The van der Waals surface area contributed by atoms with Gasteiger partial charge in [-0.1, -0.05) is 12.1 Å². The van der Waals surface area contributed by atoms with Gasteiger partial charge in [-0.2, -0.15) is 9.97 Å². The van der Waals surface area contributed by atoms with Gasteiger partial charge in [0.05, 0.1) is 36.0 Å². The van der Waals surface area contributed by atoms with Gasteiger partial charge in [-0.15, -0.1) is 0 Å². The Morgan fingerprint density at radius 3 is 2.13 bits per heavy atom. The van der Waals surface area contributed by atoms with Gasteiger partial charge in [0.15, 0.2) is 11.5 Å². The van der Waals surface area contributed by atoms with Crippen LogP contribution in [0.5, 0.6) is 23.4 Å². The molecule has 0 saturated heterocycles. The van der Waals surface area contributed by atoms with Crippen molar-refractivity contribution in [3.05, 3.63) is 65.9 Å². The van der Waals surface area contributed by atoms with Crippen LogP contribution in [0.3, 0.4) is 0 Å². The highest BCUT2D eigenvalue weighted by atomic mass is 16.5. The van der Waals surface area contributed by atoms with Crippen molar-refractivity contribution in [1.29, 1.82) is 0 Å². The van der Waals surface area contributed by atoms with Crippen LogP contribution >= 0.6 is 0 Å². The average molecular weight is 413 g/mol. The molecule has 1 aliphatic rings. The molecular weight excluding hydrogens is 394 g/mol. The summed E-state index contributed by atoms with van der Waals surface area (Å²) < 4.78 is 11.9. The van der Waals surface area contributed by atoms with Gasteiger partial charge in [0.25, 0.3) is 0 Å². The lowest BCUT2D eigenvalue weighted by molar-refractivity contribution is 0.407. The number of fused-ring (bicyclic) bond motifs is 3. The molecule has 1 N–H and O–H groups in total. The number of hydrogen-bond donors (Lipinski definition) is 1. The van der Waals surface area contributed by atoms with Crippen molar-refractivity contribution in [1.82, 2.24) is 29.9 Å². The lowest BCUT2D eigenvalue weighted by Crippen LogP contribution is -2.01. The van der Waals surface area contributed by atoms with Gasteiger partial charge in [0, 0.05) is 19.2 Å². The van der Waals surface area contributed by atoms with Gasteiger partial charge in [0.2, 0.25) is 5.88 Å². The number of anilines is 1. The molecule has 154 valence electrons. The predicted molar refractivity (Wildman–Crippen MR) is 114 cm³/mol. The van der Waals surface area contributed by atoms with Crippen LogP contribution in [0.15, 0.2) is 43.0 Å². The molecule has 0 unspecified atom stereocenters. The molecule has 3 aromatic heterocycles. The van der Waals surface area contributed by atoms with Crippen molar-refractivity contribution in [2.75, 3.05) is 12.4 Å². The molecule has 5 rings (SSSR count). The zero-order valence-electron chi connectivity index (χ0n) is 17.2. The van der Waals surface area contributed by atoms with Crippen LogP contribution in [0.4, 0.5) is 5.69 Å². The Balaban J connectivity index is 1.60. The Morgan fingerprint density at radius 2 is 1.48 bits per heavy atom. The maximum absolute atomic E-state index is 6.10. The number of nitrogens with one attached hydrogen (secondary N) is 1. The summed E-state index contributed by atoms with van der Waals surface area (Å²) in [5.41, 5.74) is 4.85. The molecule has 0 saturated carbocycles. The number of aromatic nitrogens is 6. The van der Waals surface area contributed by atoms with E-state index in [2.05, 4.69) is 35.2 Å². The molecule has 3 heterocycles. The minimum atomic E-state index is 0.160. The van der Waals surface area contributed by atoms with E-state index in [1.165, 1.54) is 0 Å². The predicted octanol–water partition coefficient (Wildman–Crippen LogP) is 3.87. The van der Waals surface area contributed by atoms with E-state index in [4.69, 9.17) is 9.47 Å². The van der Waals surface area contributed by atoms with E-state index in [0.717, 1.165) is 28.1 Å². The van der Waals surface area contributed by atoms with Crippen molar-refractivity contribution < 1.29 is 9.47 Å². The van der Waals surface area contributed by atoms with Crippen molar-refractivity contribution >= 4 is 5.69 Å². The summed E-state index contributed by atoms with van der Waals surface area (Å²) in [6, 6.07) is 6.23. The van der Waals surface area contributed by atoms with Gasteiger partial charge in [0.1, 0.15) is 11.6 Å². The van der Waals surface area contributed by atoms with E-state index in [1.54, 1.807) is 24.8 Å². The van der Waals surface area contributed by atoms with Gasteiger partial charge in [-0.3, -0.25) is 0 Å². The second kappa shape index (κ2) is 7.60. The summed E-state index contributed by atoms with van der Waals surface area (Å²) in [7, 11) is 1.90. The molecular formula is C22H19N7O2. The van der Waals surface area contributed by atoms with Crippen LogP contribution in [0.1, 0.15) is 22.9 Å². The normalized spacial score (nSPS) is 11.6. The lowest BCUT2D eigenvalue weighted by Gasteiger charge is -2.12. The summed E-state index contributed by atoms with van der Waals surface area (Å²) in [5.74, 6) is 2.62. The molecule has 0 bridgehead atoms. The van der Waals surface area contributed by atoms with E-state index in [9.17, 15) is 0 Å². The monoisotopic (exact) mass is 413 g/mol. The maximum Gasteiger partial charge on any atom is 0.325 e. The molecule has 4 aromatic rings. The highest BCUT2D eigenvalue weighted by Crippen LogP contribution is 2.45. The molecule has 0 radical (unpaired) electrons. The Hall–Kier alpha value is -4.14. The quantitative estimate of drug-likeness (QED) is 0.459. The number of hydrogen-bond acceptors (Lipinski definition) is 9. The molecule has 1 aromatic carbocycles. The van der Waals surface area contributed by atoms with Crippen LogP contribution in [0.2, 0.25) is 0 Å². The second-order valence-electron chi connectivity index (χ2n) is 7.03. The van der Waals surface area contributed by atoms with Gasteiger partial charge in [-0.05, 0) is 31.0 Å². The smallest absolute Gasteiger partial charge is 0.325 e. The molecule has 9 nitrogen and oxygen atoms in total. The highest BCUT2D eigenvalue weighted by Gasteiger charge is 2.29. The Bertz CT molecular complexity index is 1260. The second-order valence-corrected chi connectivity index (χ2v) is 7.03. The largest absolute Gasteiger partial charge is 0.435 e. The Kier molecular flexibility index (Phi) is 4.62. The average Bonchev–Trinajstić information content (AvgIpc) is 3.16. The standard InChI is InChI=1S/C22H19N7O2/c1-12-24-8-14(9-25-12)30-21-20-16-5-4-6-18(23-3)17(16)7-19(20)28-22(29-21)31-15-10-26-13(2)27-11-15/h4-6,8-11,23H,7H2,1-3H3. The Morgan fingerprint density at radius 1 is 0.839 bits per heavy atom. The van der Waals surface area contributed by atoms with Crippen LogP contribution in [0, 0.1) is 13.8 Å². The summed E-state index contributed by atoms with van der Waals surface area (Å²) in [4.78, 5) is 25.9. The molecule has 0 atom stereocenters. The van der Waals surface area contributed by atoms with Crippen LogP contribution < -0.4 is 14.8 Å². The fourth-order valence-corrected chi connectivity index (χ4v) is 3.48. The minimum absolute atomic E-state index is 0.160. The Labute approximate surface area is 178 Å². The lowest BCUT2D eigenvalue weighted by atomic mass is 10.1. The van der Waals surface area contributed by atoms with Crippen molar-refractivity contribution in [3.8, 4) is 34.5 Å². The molecule has 0 spiro atoms. The third kappa shape index (κ3) is 3.61. The number of benzene rings is 1.